The Labute approximate surface area is 54.3 Å². The standard InChI is InChI=1S/C3H2O2.Mg.2H/c4-2-1-3-5;;;/h1-2H;;;/q;+2;2*-1. The predicted molar refractivity (Wildman–Crippen MR) is 24.3 cm³/mol. The van der Waals surface area contributed by atoms with Crippen LogP contribution in [0.5, 0.6) is 0 Å². The van der Waals surface area contributed by atoms with Crippen molar-refractivity contribution in [2.75, 3.05) is 0 Å². The summed E-state index contributed by atoms with van der Waals surface area (Å²) >= 11 is 0. The van der Waals surface area contributed by atoms with Gasteiger partial charge in [-0.15, -0.1) is 0 Å². The molecule has 0 bridgehead atoms. The first-order valence-electron chi connectivity index (χ1n) is 1.06. The minimum Gasteiger partial charge on any atom is -1.00 e. The summed E-state index contributed by atoms with van der Waals surface area (Å²) in [4.78, 5) is 18.1. The maximum atomic E-state index is 9.09. The monoisotopic (exact) mass is 96.0 g/mol. The van der Waals surface area contributed by atoms with Gasteiger partial charge in [0.1, 0.15) is 5.94 Å². The van der Waals surface area contributed by atoms with Gasteiger partial charge in [-0.3, -0.25) is 4.79 Å². The van der Waals surface area contributed by atoms with Gasteiger partial charge in [0.05, 0.1) is 6.08 Å². The number of hydrogen-bond acceptors (Lipinski definition) is 2. The van der Waals surface area contributed by atoms with Crippen molar-refractivity contribution in [1.29, 1.82) is 0 Å². The van der Waals surface area contributed by atoms with E-state index in [0.717, 1.165) is 6.08 Å². The van der Waals surface area contributed by atoms with Crippen LogP contribution < -0.4 is 0 Å². The van der Waals surface area contributed by atoms with Gasteiger partial charge in [-0.1, -0.05) is 0 Å². The molecule has 0 aliphatic carbocycles. The van der Waals surface area contributed by atoms with Crippen LogP contribution in [0, 0.1) is 0 Å². The minimum absolute atomic E-state index is 0. The summed E-state index contributed by atoms with van der Waals surface area (Å²) in [6.45, 7) is 0. The van der Waals surface area contributed by atoms with Crippen molar-refractivity contribution in [2.24, 2.45) is 0 Å². The Hall–Kier alpha value is -0.114. The zero-order valence-corrected chi connectivity index (χ0v) is 4.59. The van der Waals surface area contributed by atoms with Crippen molar-refractivity contribution in [1.82, 2.24) is 0 Å². The molecule has 0 saturated carbocycles. The van der Waals surface area contributed by atoms with Crippen LogP contribution in [0.4, 0.5) is 0 Å². The molecule has 0 rings (SSSR count). The minimum atomic E-state index is 0. The van der Waals surface area contributed by atoms with E-state index in [4.69, 9.17) is 9.59 Å². The topological polar surface area (TPSA) is 34.1 Å². The molecule has 0 unspecified atom stereocenters. The Morgan fingerprint density at radius 2 is 2.17 bits per heavy atom. The first-order chi connectivity index (χ1) is 2.41. The van der Waals surface area contributed by atoms with Crippen LogP contribution in [0.1, 0.15) is 2.85 Å². The van der Waals surface area contributed by atoms with Gasteiger partial charge < -0.3 is 2.85 Å². The Balaban J connectivity index is -0.0000000267. The van der Waals surface area contributed by atoms with Gasteiger partial charge in [0.15, 0.2) is 6.29 Å². The second-order valence-corrected chi connectivity index (χ2v) is 0.421. The molecule has 0 aliphatic heterocycles. The fraction of sp³-hybridized carbons (Fsp3) is 0. The summed E-state index contributed by atoms with van der Waals surface area (Å²) in [6, 6.07) is 0. The van der Waals surface area contributed by atoms with Crippen molar-refractivity contribution >= 4 is 35.3 Å². The van der Waals surface area contributed by atoms with Gasteiger partial charge >= 0.3 is 23.1 Å². The molecule has 0 atom stereocenters. The van der Waals surface area contributed by atoms with E-state index in [1.807, 2.05) is 0 Å². The Kier molecular flexibility index (Phi) is 13.7. The van der Waals surface area contributed by atoms with Crippen LogP contribution in [0.15, 0.2) is 6.08 Å². The Bertz CT molecular complexity index is 79.4. The number of aldehydes is 1. The first-order valence-corrected chi connectivity index (χ1v) is 1.06. The number of allylic oxidation sites excluding steroid dienone is 1. The average Bonchev–Trinajstić information content (AvgIpc) is 1.41. The van der Waals surface area contributed by atoms with E-state index < -0.39 is 0 Å². The van der Waals surface area contributed by atoms with Crippen molar-refractivity contribution in [3.05, 3.63) is 6.08 Å². The summed E-state index contributed by atoms with van der Waals surface area (Å²) in [5, 5.41) is 0. The fourth-order valence-electron chi connectivity index (χ4n) is 0.0278. The van der Waals surface area contributed by atoms with E-state index in [1.165, 1.54) is 5.94 Å². The van der Waals surface area contributed by atoms with Crippen molar-refractivity contribution in [3.8, 4) is 0 Å². The molecular formula is C3H4MgO2. The van der Waals surface area contributed by atoms with Crippen LogP contribution in [-0.2, 0) is 9.59 Å². The quantitative estimate of drug-likeness (QED) is 0.189. The Morgan fingerprint density at radius 3 is 2.17 bits per heavy atom. The zero-order chi connectivity index (χ0) is 4.12. The largest absolute Gasteiger partial charge is 2.00 e. The summed E-state index contributed by atoms with van der Waals surface area (Å²) in [7, 11) is 0. The normalized spacial score (nSPS) is 4.00. The van der Waals surface area contributed by atoms with E-state index >= 15 is 0 Å². The summed E-state index contributed by atoms with van der Waals surface area (Å²) in [6.07, 6.45) is 1.15. The third-order valence-corrected chi connectivity index (χ3v) is 0.136. The van der Waals surface area contributed by atoms with E-state index in [0.29, 0.717) is 6.29 Å². The average molecular weight is 96.4 g/mol. The third-order valence-electron chi connectivity index (χ3n) is 0.136. The molecule has 0 aliphatic rings. The summed E-state index contributed by atoms with van der Waals surface area (Å²) in [5.41, 5.74) is 0. The molecule has 0 heterocycles. The van der Waals surface area contributed by atoms with Gasteiger partial charge in [-0.25, -0.2) is 4.79 Å². The van der Waals surface area contributed by atoms with Crippen LogP contribution >= 0.6 is 0 Å². The molecule has 0 radical (unpaired) electrons. The molecule has 2 nitrogen and oxygen atoms in total. The van der Waals surface area contributed by atoms with E-state index in [-0.39, 0.29) is 25.9 Å². The van der Waals surface area contributed by atoms with Crippen LogP contribution in [0.25, 0.3) is 0 Å². The summed E-state index contributed by atoms with van der Waals surface area (Å²) < 4.78 is 0. The maximum Gasteiger partial charge on any atom is 2.00 e. The second-order valence-electron chi connectivity index (χ2n) is 0.421. The molecule has 0 aromatic rings. The third kappa shape index (κ3) is 9.10. The number of rotatable bonds is 1. The zero-order valence-electron chi connectivity index (χ0n) is 5.18. The number of carbonyl (C=O) groups is 1. The van der Waals surface area contributed by atoms with E-state index in [9.17, 15) is 0 Å². The van der Waals surface area contributed by atoms with Crippen LogP contribution in [0.2, 0.25) is 0 Å². The van der Waals surface area contributed by atoms with Gasteiger partial charge in [0, 0.05) is 0 Å². The molecule has 0 aromatic heterocycles. The SMILES string of the molecule is O=C=CC=O.[H-].[H-].[Mg+2]. The number of hydrogen-bond donors (Lipinski definition) is 0. The second kappa shape index (κ2) is 8.86. The molecule has 30 valence electrons. The molecule has 0 amide bonds. The molecule has 0 aromatic carbocycles. The Morgan fingerprint density at radius 1 is 1.67 bits per heavy atom. The van der Waals surface area contributed by atoms with Crippen LogP contribution in [-0.4, -0.2) is 35.3 Å². The van der Waals surface area contributed by atoms with Gasteiger partial charge in [-0.2, -0.15) is 0 Å². The molecule has 0 spiro atoms. The molecule has 3 heteroatoms. The smallest absolute Gasteiger partial charge is 1.00 e. The molecule has 0 N–H and O–H groups in total. The van der Waals surface area contributed by atoms with E-state index in [1.54, 1.807) is 0 Å². The van der Waals surface area contributed by atoms with E-state index in [2.05, 4.69) is 0 Å². The maximum absolute atomic E-state index is 9.09. The van der Waals surface area contributed by atoms with Crippen molar-refractivity contribution < 1.29 is 12.4 Å². The molecule has 6 heavy (non-hydrogen) atoms. The molecular weight excluding hydrogens is 92.3 g/mol. The number of carbonyl (C=O) groups excluding carboxylic acids is 2. The van der Waals surface area contributed by atoms with Gasteiger partial charge in [0.25, 0.3) is 0 Å². The van der Waals surface area contributed by atoms with Crippen molar-refractivity contribution in [2.45, 2.75) is 0 Å². The van der Waals surface area contributed by atoms with Crippen LogP contribution in [0.3, 0.4) is 0 Å². The van der Waals surface area contributed by atoms with Gasteiger partial charge in [-0.05, 0) is 0 Å². The van der Waals surface area contributed by atoms with Crippen molar-refractivity contribution in [3.63, 3.8) is 0 Å². The summed E-state index contributed by atoms with van der Waals surface area (Å²) in [5.74, 6) is 1.27. The molecule has 0 saturated heterocycles. The predicted octanol–water partition coefficient (Wildman–Crippen LogP) is -0.583. The van der Waals surface area contributed by atoms with Gasteiger partial charge in [0.2, 0.25) is 0 Å². The molecule has 0 fully saturated rings. The first kappa shape index (κ1) is 9.31. The fourth-order valence-corrected chi connectivity index (χ4v) is 0.0278.